The third-order valence-corrected chi connectivity index (χ3v) is 2.84. The molecule has 104 valence electrons. The first-order valence-corrected chi connectivity index (χ1v) is 6.12. The number of carboxylic acids is 1. The number of aliphatic carboxylic acids is 1. The van der Waals surface area contributed by atoms with Crippen LogP contribution in [0.25, 0.3) is 0 Å². The number of hydrogen-bond acceptors (Lipinski definition) is 2. The Morgan fingerprint density at radius 2 is 1.74 bits per heavy atom. The molecule has 0 radical (unpaired) electrons. The van der Waals surface area contributed by atoms with Gasteiger partial charge in [0.05, 0.1) is 5.41 Å². The lowest BCUT2D eigenvalue weighted by atomic mass is 9.94. The maximum Gasteiger partial charge on any atom is 0.315 e. The molecule has 0 unspecified atom stereocenters. The van der Waals surface area contributed by atoms with Crippen LogP contribution in [0.3, 0.4) is 0 Å². The quantitative estimate of drug-likeness (QED) is 0.760. The monoisotopic (exact) mass is 264 g/mol. The van der Waals surface area contributed by atoms with E-state index in [2.05, 4.69) is 10.6 Å². The molecule has 0 aliphatic carbocycles. The Morgan fingerprint density at radius 1 is 1.16 bits per heavy atom. The maximum atomic E-state index is 11.5. The van der Waals surface area contributed by atoms with Gasteiger partial charge in [0.2, 0.25) is 0 Å². The van der Waals surface area contributed by atoms with Crippen molar-refractivity contribution >= 4 is 12.0 Å². The van der Waals surface area contributed by atoms with Crippen molar-refractivity contribution in [2.24, 2.45) is 5.41 Å². The van der Waals surface area contributed by atoms with Gasteiger partial charge in [-0.3, -0.25) is 4.79 Å². The van der Waals surface area contributed by atoms with Gasteiger partial charge < -0.3 is 15.7 Å². The van der Waals surface area contributed by atoms with Crippen molar-refractivity contribution in [3.8, 4) is 0 Å². The number of carbonyl (C=O) groups excluding carboxylic acids is 1. The average molecular weight is 264 g/mol. The van der Waals surface area contributed by atoms with Crippen LogP contribution in [0.4, 0.5) is 4.79 Å². The number of carboxylic acid groups (broad SMARTS) is 1. The van der Waals surface area contributed by atoms with E-state index >= 15 is 0 Å². The predicted octanol–water partition coefficient (Wildman–Crippen LogP) is 1.91. The van der Waals surface area contributed by atoms with Crippen LogP contribution in [-0.4, -0.2) is 23.7 Å². The number of rotatable bonds is 5. The van der Waals surface area contributed by atoms with Gasteiger partial charge in [-0.1, -0.05) is 29.8 Å². The third kappa shape index (κ3) is 4.99. The highest BCUT2D eigenvalue weighted by Gasteiger charge is 2.27. The van der Waals surface area contributed by atoms with Gasteiger partial charge >= 0.3 is 12.0 Å². The van der Waals surface area contributed by atoms with Gasteiger partial charge in [0, 0.05) is 13.1 Å². The molecule has 0 aromatic heterocycles. The summed E-state index contributed by atoms with van der Waals surface area (Å²) in [5, 5.41) is 14.2. The van der Waals surface area contributed by atoms with Gasteiger partial charge in [-0.25, -0.2) is 4.79 Å². The first-order valence-electron chi connectivity index (χ1n) is 6.12. The standard InChI is InChI=1S/C14H20N2O3/c1-10-4-6-11(7-5-10)8-15-13(19)16-9-14(2,3)12(17)18/h4-7H,8-9H2,1-3H3,(H,17,18)(H2,15,16,19). The fourth-order valence-electron chi connectivity index (χ4n) is 1.33. The number of aryl methyl sites for hydroxylation is 1. The van der Waals surface area contributed by atoms with E-state index in [1.807, 2.05) is 31.2 Å². The van der Waals surface area contributed by atoms with E-state index in [0.29, 0.717) is 6.54 Å². The van der Waals surface area contributed by atoms with Crippen LogP contribution >= 0.6 is 0 Å². The van der Waals surface area contributed by atoms with Gasteiger partial charge in [0.1, 0.15) is 0 Å². The number of urea groups is 1. The number of hydrogen-bond donors (Lipinski definition) is 3. The largest absolute Gasteiger partial charge is 0.481 e. The summed E-state index contributed by atoms with van der Waals surface area (Å²) < 4.78 is 0. The number of benzene rings is 1. The minimum Gasteiger partial charge on any atom is -0.481 e. The summed E-state index contributed by atoms with van der Waals surface area (Å²) >= 11 is 0. The van der Waals surface area contributed by atoms with Gasteiger partial charge in [0.15, 0.2) is 0 Å². The predicted molar refractivity (Wildman–Crippen MR) is 72.8 cm³/mol. The zero-order valence-corrected chi connectivity index (χ0v) is 11.5. The molecule has 0 spiro atoms. The van der Waals surface area contributed by atoms with Crippen molar-refractivity contribution in [1.82, 2.24) is 10.6 Å². The summed E-state index contributed by atoms with van der Waals surface area (Å²) in [5.41, 5.74) is 1.19. The molecule has 0 heterocycles. The zero-order valence-electron chi connectivity index (χ0n) is 11.5. The van der Waals surface area contributed by atoms with E-state index in [1.165, 1.54) is 0 Å². The smallest absolute Gasteiger partial charge is 0.315 e. The van der Waals surface area contributed by atoms with Crippen LogP contribution in [-0.2, 0) is 11.3 Å². The molecule has 0 aliphatic rings. The highest BCUT2D eigenvalue weighted by atomic mass is 16.4. The lowest BCUT2D eigenvalue weighted by Gasteiger charge is -2.19. The molecule has 1 aromatic carbocycles. The maximum absolute atomic E-state index is 11.5. The van der Waals surface area contributed by atoms with Crippen molar-refractivity contribution in [2.45, 2.75) is 27.3 Å². The molecule has 5 nitrogen and oxygen atoms in total. The van der Waals surface area contributed by atoms with E-state index in [0.717, 1.165) is 11.1 Å². The summed E-state index contributed by atoms with van der Waals surface area (Å²) in [6.45, 7) is 5.63. The molecule has 2 amide bonds. The van der Waals surface area contributed by atoms with Crippen molar-refractivity contribution < 1.29 is 14.7 Å². The van der Waals surface area contributed by atoms with Gasteiger partial charge in [0.25, 0.3) is 0 Å². The Balaban J connectivity index is 2.36. The van der Waals surface area contributed by atoms with Crippen LogP contribution in [0, 0.1) is 12.3 Å². The molecule has 5 heteroatoms. The van der Waals surface area contributed by atoms with Crippen molar-refractivity contribution in [3.05, 3.63) is 35.4 Å². The molecule has 0 aliphatic heterocycles. The molecule has 0 bridgehead atoms. The minimum absolute atomic E-state index is 0.0854. The summed E-state index contributed by atoms with van der Waals surface area (Å²) in [4.78, 5) is 22.4. The van der Waals surface area contributed by atoms with Gasteiger partial charge in [-0.15, -0.1) is 0 Å². The molecule has 1 rings (SSSR count). The van der Waals surface area contributed by atoms with E-state index in [-0.39, 0.29) is 12.6 Å². The third-order valence-electron chi connectivity index (χ3n) is 2.84. The van der Waals surface area contributed by atoms with Crippen LogP contribution in [0.5, 0.6) is 0 Å². The molecule has 19 heavy (non-hydrogen) atoms. The highest BCUT2D eigenvalue weighted by molar-refractivity contribution is 5.77. The fraction of sp³-hybridized carbons (Fsp3) is 0.429. The first kappa shape index (κ1) is 15.0. The lowest BCUT2D eigenvalue weighted by Crippen LogP contribution is -2.43. The Labute approximate surface area is 113 Å². The van der Waals surface area contributed by atoms with Crippen LogP contribution in [0.15, 0.2) is 24.3 Å². The van der Waals surface area contributed by atoms with Crippen LogP contribution in [0.1, 0.15) is 25.0 Å². The van der Waals surface area contributed by atoms with E-state index < -0.39 is 11.4 Å². The molecular formula is C14H20N2O3. The van der Waals surface area contributed by atoms with Gasteiger partial charge in [-0.2, -0.15) is 0 Å². The van der Waals surface area contributed by atoms with Crippen LogP contribution < -0.4 is 10.6 Å². The number of nitrogens with one attached hydrogen (secondary N) is 2. The highest BCUT2D eigenvalue weighted by Crippen LogP contribution is 2.12. The Hall–Kier alpha value is -2.04. The summed E-state index contributed by atoms with van der Waals surface area (Å²) in [7, 11) is 0. The summed E-state index contributed by atoms with van der Waals surface area (Å²) in [6.07, 6.45) is 0. The van der Waals surface area contributed by atoms with E-state index in [1.54, 1.807) is 13.8 Å². The Kier molecular flexibility index (Phi) is 4.92. The van der Waals surface area contributed by atoms with Crippen LogP contribution in [0.2, 0.25) is 0 Å². The topological polar surface area (TPSA) is 78.4 Å². The minimum atomic E-state index is -0.971. The Bertz CT molecular complexity index is 452. The molecule has 0 saturated heterocycles. The molecule has 0 atom stereocenters. The SMILES string of the molecule is Cc1ccc(CNC(=O)NCC(C)(C)C(=O)O)cc1. The van der Waals surface area contributed by atoms with Crippen molar-refractivity contribution in [3.63, 3.8) is 0 Å². The molecule has 1 aromatic rings. The zero-order chi connectivity index (χ0) is 14.5. The molecular weight excluding hydrogens is 244 g/mol. The summed E-state index contributed by atoms with van der Waals surface area (Å²) in [6, 6.07) is 7.47. The molecule has 0 fully saturated rings. The number of amides is 2. The average Bonchev–Trinajstić information content (AvgIpc) is 2.35. The second-order valence-corrected chi connectivity index (χ2v) is 5.21. The van der Waals surface area contributed by atoms with Crippen molar-refractivity contribution in [2.75, 3.05) is 6.54 Å². The normalized spacial score (nSPS) is 10.9. The Morgan fingerprint density at radius 3 is 2.26 bits per heavy atom. The lowest BCUT2D eigenvalue weighted by molar-refractivity contribution is -0.146. The van der Waals surface area contributed by atoms with E-state index in [9.17, 15) is 9.59 Å². The first-order chi connectivity index (χ1) is 8.81. The second-order valence-electron chi connectivity index (χ2n) is 5.21. The van der Waals surface area contributed by atoms with Gasteiger partial charge in [-0.05, 0) is 26.3 Å². The van der Waals surface area contributed by atoms with Crippen molar-refractivity contribution in [1.29, 1.82) is 0 Å². The molecule has 3 N–H and O–H groups in total. The fourth-order valence-corrected chi connectivity index (χ4v) is 1.33. The second kappa shape index (κ2) is 6.22. The molecule has 0 saturated carbocycles. The summed E-state index contributed by atoms with van der Waals surface area (Å²) in [5.74, 6) is -0.939. The number of carbonyl (C=O) groups is 2. The van der Waals surface area contributed by atoms with E-state index in [4.69, 9.17) is 5.11 Å².